The summed E-state index contributed by atoms with van der Waals surface area (Å²) in [4.78, 5) is 9.23. The summed E-state index contributed by atoms with van der Waals surface area (Å²) in [6.07, 6.45) is 7.01. The summed E-state index contributed by atoms with van der Waals surface area (Å²) in [5, 5.41) is 0. The van der Waals surface area contributed by atoms with Gasteiger partial charge in [0.25, 0.3) is 0 Å². The van der Waals surface area contributed by atoms with Crippen LogP contribution in [-0.2, 0) is 5.88 Å². The van der Waals surface area contributed by atoms with E-state index < -0.39 is 0 Å². The molecular formula is C16H22ClN3. The fourth-order valence-electron chi connectivity index (χ4n) is 3.66. The molecule has 2 aromatic rings. The third-order valence-corrected chi connectivity index (χ3v) is 4.85. The van der Waals surface area contributed by atoms with Gasteiger partial charge in [-0.3, -0.25) is 0 Å². The van der Waals surface area contributed by atoms with E-state index in [1.54, 1.807) is 0 Å². The van der Waals surface area contributed by atoms with Gasteiger partial charge in [-0.2, -0.15) is 0 Å². The van der Waals surface area contributed by atoms with Gasteiger partial charge in [0.15, 0.2) is 5.65 Å². The molecule has 1 aliphatic carbocycles. The topological polar surface area (TPSA) is 30.7 Å². The molecule has 108 valence electrons. The molecule has 2 aromatic heterocycles. The number of hydrogen-bond donors (Lipinski definition) is 0. The Morgan fingerprint density at radius 1 is 1.35 bits per heavy atom. The van der Waals surface area contributed by atoms with E-state index in [9.17, 15) is 0 Å². The van der Waals surface area contributed by atoms with Gasteiger partial charge in [0, 0.05) is 12.2 Å². The highest BCUT2D eigenvalue weighted by Crippen LogP contribution is 2.40. The summed E-state index contributed by atoms with van der Waals surface area (Å²) < 4.78 is 2.33. The summed E-state index contributed by atoms with van der Waals surface area (Å²) in [7, 11) is 0. The number of halogens is 1. The van der Waals surface area contributed by atoms with Gasteiger partial charge in [-0.15, -0.1) is 11.6 Å². The third kappa shape index (κ3) is 2.32. The maximum absolute atomic E-state index is 6.14. The Balaban J connectivity index is 2.11. The number of imidazole rings is 1. The molecule has 2 heterocycles. The van der Waals surface area contributed by atoms with Crippen LogP contribution in [0, 0.1) is 11.8 Å². The molecule has 3 nitrogen and oxygen atoms in total. The van der Waals surface area contributed by atoms with E-state index >= 15 is 0 Å². The van der Waals surface area contributed by atoms with Crippen LogP contribution in [0.15, 0.2) is 18.3 Å². The van der Waals surface area contributed by atoms with E-state index in [0.717, 1.165) is 17.0 Å². The minimum absolute atomic E-state index is 0.456. The summed E-state index contributed by atoms with van der Waals surface area (Å²) in [5.74, 6) is 2.81. The van der Waals surface area contributed by atoms with Crippen LogP contribution in [0.4, 0.5) is 0 Å². The Bertz CT molecular complexity index is 590. The number of fused-ring (bicyclic) bond motifs is 1. The van der Waals surface area contributed by atoms with Crippen molar-refractivity contribution in [3.8, 4) is 0 Å². The van der Waals surface area contributed by atoms with Crippen LogP contribution in [0.3, 0.4) is 0 Å². The summed E-state index contributed by atoms with van der Waals surface area (Å²) in [6, 6.07) is 4.47. The van der Waals surface area contributed by atoms with Gasteiger partial charge in [-0.1, -0.05) is 26.7 Å². The molecule has 20 heavy (non-hydrogen) atoms. The SMILES string of the molecule is CC(C)C1CCCCC1n1c(CCl)nc2cccnc21. The fraction of sp³-hybridized carbons (Fsp3) is 0.625. The third-order valence-electron chi connectivity index (χ3n) is 4.61. The highest BCUT2D eigenvalue weighted by atomic mass is 35.5. The lowest BCUT2D eigenvalue weighted by Gasteiger charge is -2.36. The highest BCUT2D eigenvalue weighted by molar-refractivity contribution is 6.16. The van der Waals surface area contributed by atoms with Crippen LogP contribution in [0.5, 0.6) is 0 Å². The van der Waals surface area contributed by atoms with Gasteiger partial charge in [0.2, 0.25) is 0 Å². The van der Waals surface area contributed by atoms with Crippen LogP contribution >= 0.6 is 11.6 Å². The van der Waals surface area contributed by atoms with Crippen molar-refractivity contribution in [3.63, 3.8) is 0 Å². The first-order valence-electron chi connectivity index (χ1n) is 7.60. The number of alkyl halides is 1. The molecule has 3 rings (SSSR count). The van der Waals surface area contributed by atoms with E-state index in [4.69, 9.17) is 11.6 Å². The molecule has 1 saturated carbocycles. The molecule has 1 aliphatic rings. The summed E-state index contributed by atoms with van der Waals surface area (Å²) >= 11 is 6.14. The molecule has 0 aromatic carbocycles. The molecule has 2 unspecified atom stereocenters. The van der Waals surface area contributed by atoms with Crippen LogP contribution in [-0.4, -0.2) is 14.5 Å². The van der Waals surface area contributed by atoms with E-state index in [2.05, 4.69) is 28.4 Å². The Morgan fingerprint density at radius 3 is 2.90 bits per heavy atom. The minimum Gasteiger partial charge on any atom is -0.308 e. The molecule has 0 N–H and O–H groups in total. The van der Waals surface area contributed by atoms with E-state index in [1.807, 2.05) is 18.3 Å². The smallest absolute Gasteiger partial charge is 0.160 e. The number of pyridine rings is 1. The van der Waals surface area contributed by atoms with Crippen LogP contribution < -0.4 is 0 Å². The van der Waals surface area contributed by atoms with E-state index in [-0.39, 0.29) is 0 Å². The van der Waals surface area contributed by atoms with Crippen molar-refractivity contribution >= 4 is 22.8 Å². The molecule has 1 fully saturated rings. The maximum atomic E-state index is 6.14. The Hall–Kier alpha value is -1.09. The lowest BCUT2D eigenvalue weighted by Crippen LogP contribution is -2.28. The predicted molar refractivity (Wildman–Crippen MR) is 82.9 cm³/mol. The maximum Gasteiger partial charge on any atom is 0.160 e. The van der Waals surface area contributed by atoms with E-state index in [0.29, 0.717) is 23.8 Å². The molecular weight excluding hydrogens is 270 g/mol. The second-order valence-corrected chi connectivity index (χ2v) is 6.40. The second kappa shape index (κ2) is 5.72. The van der Waals surface area contributed by atoms with Gasteiger partial charge in [0.05, 0.1) is 5.88 Å². The number of nitrogens with zero attached hydrogens (tertiary/aromatic N) is 3. The zero-order valence-electron chi connectivity index (χ0n) is 12.2. The largest absolute Gasteiger partial charge is 0.308 e. The fourth-order valence-corrected chi connectivity index (χ4v) is 3.85. The Kier molecular flexibility index (Phi) is 3.97. The van der Waals surface area contributed by atoms with Gasteiger partial charge in [0.1, 0.15) is 11.3 Å². The Labute approximate surface area is 125 Å². The Morgan fingerprint density at radius 2 is 2.15 bits per heavy atom. The van der Waals surface area contributed by atoms with Crippen molar-refractivity contribution in [2.45, 2.75) is 51.5 Å². The quantitative estimate of drug-likeness (QED) is 0.776. The zero-order valence-corrected chi connectivity index (χ0v) is 13.0. The minimum atomic E-state index is 0.456. The standard InChI is InChI=1S/C16H22ClN3/c1-11(2)12-6-3-4-8-14(12)20-15(10-17)19-13-7-5-9-18-16(13)20/h5,7,9,11-12,14H,3-4,6,8,10H2,1-2H3. The van der Waals surface area contributed by atoms with Crippen molar-refractivity contribution in [1.29, 1.82) is 0 Å². The van der Waals surface area contributed by atoms with Crippen molar-refractivity contribution in [3.05, 3.63) is 24.2 Å². The summed E-state index contributed by atoms with van der Waals surface area (Å²) in [6.45, 7) is 4.66. The molecule has 2 atom stereocenters. The molecule has 0 aliphatic heterocycles. The lowest BCUT2D eigenvalue weighted by atomic mass is 9.77. The van der Waals surface area contributed by atoms with Crippen LogP contribution in [0.1, 0.15) is 51.4 Å². The first-order valence-corrected chi connectivity index (χ1v) is 8.13. The first-order chi connectivity index (χ1) is 9.72. The molecule has 0 saturated heterocycles. The highest BCUT2D eigenvalue weighted by Gasteiger charge is 2.31. The van der Waals surface area contributed by atoms with Crippen molar-refractivity contribution in [1.82, 2.24) is 14.5 Å². The normalized spacial score (nSPS) is 23.6. The van der Waals surface area contributed by atoms with Gasteiger partial charge >= 0.3 is 0 Å². The van der Waals surface area contributed by atoms with Gasteiger partial charge in [-0.05, 0) is 36.8 Å². The monoisotopic (exact) mass is 291 g/mol. The zero-order chi connectivity index (χ0) is 14.1. The molecule has 0 bridgehead atoms. The van der Waals surface area contributed by atoms with Crippen molar-refractivity contribution < 1.29 is 0 Å². The van der Waals surface area contributed by atoms with Gasteiger partial charge in [-0.25, -0.2) is 9.97 Å². The average molecular weight is 292 g/mol. The van der Waals surface area contributed by atoms with Crippen molar-refractivity contribution in [2.24, 2.45) is 11.8 Å². The first kappa shape index (κ1) is 13.9. The number of aromatic nitrogens is 3. The molecule has 4 heteroatoms. The average Bonchev–Trinajstić information content (AvgIpc) is 2.85. The lowest BCUT2D eigenvalue weighted by molar-refractivity contribution is 0.185. The van der Waals surface area contributed by atoms with Crippen molar-refractivity contribution in [2.75, 3.05) is 0 Å². The molecule has 0 amide bonds. The predicted octanol–water partition coefficient (Wildman–Crippen LogP) is 4.56. The van der Waals surface area contributed by atoms with Crippen LogP contribution in [0.25, 0.3) is 11.2 Å². The summed E-state index contributed by atoms with van der Waals surface area (Å²) in [5.41, 5.74) is 1.97. The number of hydrogen-bond acceptors (Lipinski definition) is 2. The second-order valence-electron chi connectivity index (χ2n) is 6.14. The van der Waals surface area contributed by atoms with Gasteiger partial charge < -0.3 is 4.57 Å². The molecule has 0 radical (unpaired) electrons. The number of rotatable bonds is 3. The van der Waals surface area contributed by atoms with E-state index in [1.165, 1.54) is 25.7 Å². The molecule has 0 spiro atoms. The van der Waals surface area contributed by atoms with Crippen LogP contribution in [0.2, 0.25) is 0 Å².